The molecular formula is C11H11F3O2. The SMILES string of the molecule is COc1ccc(C)cc1C(=O)CC(F)(F)F. The van der Waals surface area contributed by atoms with Gasteiger partial charge >= 0.3 is 6.18 Å². The average molecular weight is 232 g/mol. The summed E-state index contributed by atoms with van der Waals surface area (Å²) in [7, 11) is 1.31. The van der Waals surface area contributed by atoms with E-state index in [1.54, 1.807) is 13.0 Å². The summed E-state index contributed by atoms with van der Waals surface area (Å²) in [6.45, 7) is 1.70. The zero-order valence-corrected chi connectivity index (χ0v) is 8.89. The fourth-order valence-electron chi connectivity index (χ4n) is 1.32. The van der Waals surface area contributed by atoms with Gasteiger partial charge < -0.3 is 4.74 Å². The maximum absolute atomic E-state index is 12.1. The number of carbonyl (C=O) groups is 1. The maximum atomic E-state index is 12.1. The number of rotatable bonds is 3. The van der Waals surface area contributed by atoms with Crippen molar-refractivity contribution in [2.75, 3.05) is 7.11 Å². The summed E-state index contributed by atoms with van der Waals surface area (Å²) in [4.78, 5) is 11.4. The zero-order chi connectivity index (χ0) is 12.3. The van der Waals surface area contributed by atoms with Gasteiger partial charge in [0.2, 0.25) is 0 Å². The number of methoxy groups -OCH3 is 1. The molecule has 0 spiro atoms. The summed E-state index contributed by atoms with van der Waals surface area (Å²) < 4.78 is 41.0. The number of halogens is 3. The van der Waals surface area contributed by atoms with Gasteiger partial charge in [-0.2, -0.15) is 13.2 Å². The Balaban J connectivity index is 3.02. The molecule has 88 valence electrons. The molecule has 0 saturated heterocycles. The molecule has 1 aromatic rings. The molecule has 5 heteroatoms. The molecule has 0 heterocycles. The van der Waals surface area contributed by atoms with E-state index < -0.39 is 18.4 Å². The van der Waals surface area contributed by atoms with E-state index in [4.69, 9.17) is 4.74 Å². The number of ether oxygens (including phenoxy) is 1. The van der Waals surface area contributed by atoms with Crippen molar-refractivity contribution in [2.45, 2.75) is 19.5 Å². The molecule has 0 N–H and O–H groups in total. The Morgan fingerprint density at radius 3 is 2.50 bits per heavy atom. The zero-order valence-electron chi connectivity index (χ0n) is 8.89. The van der Waals surface area contributed by atoms with E-state index in [9.17, 15) is 18.0 Å². The van der Waals surface area contributed by atoms with E-state index in [1.807, 2.05) is 0 Å². The molecule has 0 bridgehead atoms. The van der Waals surface area contributed by atoms with Gasteiger partial charge in [0.15, 0.2) is 5.78 Å². The fraction of sp³-hybridized carbons (Fsp3) is 0.364. The van der Waals surface area contributed by atoms with Gasteiger partial charge in [0, 0.05) is 0 Å². The molecule has 0 fully saturated rings. The lowest BCUT2D eigenvalue weighted by atomic mass is 10.0. The first-order chi connectivity index (χ1) is 7.33. The van der Waals surface area contributed by atoms with Crippen LogP contribution in [0.1, 0.15) is 22.3 Å². The highest BCUT2D eigenvalue weighted by atomic mass is 19.4. The van der Waals surface area contributed by atoms with Crippen LogP contribution < -0.4 is 4.74 Å². The normalized spacial score (nSPS) is 11.3. The van der Waals surface area contributed by atoms with E-state index >= 15 is 0 Å². The highest BCUT2D eigenvalue weighted by molar-refractivity contribution is 5.99. The minimum absolute atomic E-state index is 0.0279. The number of carbonyl (C=O) groups excluding carboxylic acids is 1. The molecule has 0 radical (unpaired) electrons. The highest BCUT2D eigenvalue weighted by Crippen LogP contribution is 2.27. The number of hydrogen-bond acceptors (Lipinski definition) is 2. The number of aryl methyl sites for hydroxylation is 1. The predicted octanol–water partition coefficient (Wildman–Crippen LogP) is 3.14. The Bertz CT molecular complexity index is 397. The molecule has 0 aliphatic heterocycles. The number of benzene rings is 1. The highest BCUT2D eigenvalue weighted by Gasteiger charge is 2.32. The third kappa shape index (κ3) is 3.25. The average Bonchev–Trinajstić information content (AvgIpc) is 2.15. The van der Waals surface area contributed by atoms with Gasteiger partial charge in [0.05, 0.1) is 12.7 Å². The minimum atomic E-state index is -4.49. The van der Waals surface area contributed by atoms with Crippen molar-refractivity contribution in [3.63, 3.8) is 0 Å². The Hall–Kier alpha value is -1.52. The molecular weight excluding hydrogens is 221 g/mol. The number of hydrogen-bond donors (Lipinski definition) is 0. The van der Waals surface area contributed by atoms with Crippen LogP contribution >= 0.6 is 0 Å². The molecule has 16 heavy (non-hydrogen) atoms. The van der Waals surface area contributed by atoms with Gasteiger partial charge in [-0.25, -0.2) is 0 Å². The molecule has 0 aliphatic rings. The molecule has 2 nitrogen and oxygen atoms in total. The lowest BCUT2D eigenvalue weighted by Crippen LogP contribution is -2.15. The van der Waals surface area contributed by atoms with Crippen LogP contribution in [0, 0.1) is 6.92 Å². The van der Waals surface area contributed by atoms with E-state index in [2.05, 4.69) is 0 Å². The summed E-state index contributed by atoms with van der Waals surface area (Å²) in [5, 5.41) is 0. The number of ketones is 1. The molecule has 1 aromatic carbocycles. The van der Waals surface area contributed by atoms with Gasteiger partial charge in [-0.3, -0.25) is 4.79 Å². The van der Waals surface area contributed by atoms with E-state index in [-0.39, 0.29) is 11.3 Å². The summed E-state index contributed by atoms with van der Waals surface area (Å²) in [6.07, 6.45) is -5.96. The molecule has 0 aliphatic carbocycles. The second-order valence-electron chi connectivity index (χ2n) is 3.42. The summed E-state index contributed by atoms with van der Waals surface area (Å²) in [5.41, 5.74) is 0.686. The maximum Gasteiger partial charge on any atom is 0.396 e. The topological polar surface area (TPSA) is 26.3 Å². The third-order valence-corrected chi connectivity index (χ3v) is 2.02. The first-order valence-electron chi connectivity index (χ1n) is 4.58. The first kappa shape index (κ1) is 12.5. The van der Waals surface area contributed by atoms with Crippen LogP contribution in [0.2, 0.25) is 0 Å². The van der Waals surface area contributed by atoms with Crippen LogP contribution in [0.5, 0.6) is 5.75 Å². The predicted molar refractivity (Wildman–Crippen MR) is 52.7 cm³/mol. The Morgan fingerprint density at radius 1 is 1.38 bits per heavy atom. The number of Topliss-reactive ketones (excluding diaryl/α,β-unsaturated/α-hetero) is 1. The van der Waals surface area contributed by atoms with Crippen molar-refractivity contribution >= 4 is 5.78 Å². The van der Waals surface area contributed by atoms with Gasteiger partial charge in [-0.1, -0.05) is 11.6 Å². The molecule has 1 rings (SSSR count). The van der Waals surface area contributed by atoms with Gasteiger partial charge in [0.1, 0.15) is 12.2 Å². The lowest BCUT2D eigenvalue weighted by Gasteiger charge is -2.10. The van der Waals surface area contributed by atoms with Crippen LogP contribution in [0.4, 0.5) is 13.2 Å². The first-order valence-corrected chi connectivity index (χ1v) is 4.58. The third-order valence-electron chi connectivity index (χ3n) is 2.02. The van der Waals surface area contributed by atoms with Crippen molar-refractivity contribution in [3.8, 4) is 5.75 Å². The van der Waals surface area contributed by atoms with Gasteiger partial charge in [0.25, 0.3) is 0 Å². The van der Waals surface area contributed by atoms with Crippen molar-refractivity contribution in [1.82, 2.24) is 0 Å². The summed E-state index contributed by atoms with van der Waals surface area (Å²) in [6, 6.07) is 4.55. The van der Waals surface area contributed by atoms with Crippen LogP contribution in [0.3, 0.4) is 0 Å². The van der Waals surface area contributed by atoms with Crippen molar-refractivity contribution in [2.24, 2.45) is 0 Å². The van der Waals surface area contributed by atoms with E-state index in [0.29, 0.717) is 5.56 Å². The van der Waals surface area contributed by atoms with Crippen molar-refractivity contribution in [3.05, 3.63) is 29.3 Å². The van der Waals surface area contributed by atoms with Crippen LogP contribution in [0.15, 0.2) is 18.2 Å². The molecule has 0 saturated carbocycles. The smallest absolute Gasteiger partial charge is 0.396 e. The van der Waals surface area contributed by atoms with Crippen LogP contribution in [-0.2, 0) is 0 Å². The molecule has 0 amide bonds. The Morgan fingerprint density at radius 2 is 2.00 bits per heavy atom. The lowest BCUT2D eigenvalue weighted by molar-refractivity contribution is -0.125. The van der Waals surface area contributed by atoms with E-state index in [1.165, 1.54) is 19.2 Å². The van der Waals surface area contributed by atoms with Crippen LogP contribution in [0.25, 0.3) is 0 Å². The molecule has 0 aromatic heterocycles. The quantitative estimate of drug-likeness (QED) is 0.748. The summed E-state index contributed by atoms with van der Waals surface area (Å²) >= 11 is 0. The van der Waals surface area contributed by atoms with Crippen molar-refractivity contribution < 1.29 is 22.7 Å². The second-order valence-corrected chi connectivity index (χ2v) is 3.42. The number of alkyl halides is 3. The second kappa shape index (κ2) is 4.55. The minimum Gasteiger partial charge on any atom is -0.496 e. The van der Waals surface area contributed by atoms with Crippen molar-refractivity contribution in [1.29, 1.82) is 0 Å². The standard InChI is InChI=1S/C11H11F3O2/c1-7-3-4-10(16-2)8(5-7)9(15)6-11(12,13)14/h3-5H,6H2,1-2H3. The largest absolute Gasteiger partial charge is 0.496 e. The van der Waals surface area contributed by atoms with Gasteiger partial charge in [-0.15, -0.1) is 0 Å². The fourth-order valence-corrected chi connectivity index (χ4v) is 1.32. The Labute approximate surface area is 91.0 Å². The van der Waals surface area contributed by atoms with E-state index in [0.717, 1.165) is 0 Å². The monoisotopic (exact) mass is 232 g/mol. The molecule has 0 unspecified atom stereocenters. The summed E-state index contributed by atoms with van der Waals surface area (Å²) in [5.74, 6) is -0.812. The molecule has 0 atom stereocenters. The van der Waals surface area contributed by atoms with Gasteiger partial charge in [-0.05, 0) is 19.1 Å². The van der Waals surface area contributed by atoms with Crippen LogP contribution in [-0.4, -0.2) is 19.1 Å². The Kier molecular flexibility index (Phi) is 3.57.